The molecule has 0 unspecified atom stereocenters. The molecule has 0 radical (unpaired) electrons. The molecule has 94 valence electrons. The van der Waals surface area contributed by atoms with Gasteiger partial charge in [0.2, 0.25) is 0 Å². The summed E-state index contributed by atoms with van der Waals surface area (Å²) in [6.07, 6.45) is 0.127. The second kappa shape index (κ2) is 6.45. The summed E-state index contributed by atoms with van der Waals surface area (Å²) in [5.74, 6) is 0. The predicted molar refractivity (Wildman–Crippen MR) is 63.6 cm³/mol. The first-order valence-electron chi connectivity index (χ1n) is 5.58. The van der Waals surface area contributed by atoms with Crippen LogP contribution in [0.25, 0.3) is 6.08 Å². The van der Waals surface area contributed by atoms with E-state index in [1.54, 1.807) is 12.1 Å². The van der Waals surface area contributed by atoms with Crippen molar-refractivity contribution in [2.24, 2.45) is 0 Å². The van der Waals surface area contributed by atoms with Gasteiger partial charge in [0.1, 0.15) is 0 Å². The van der Waals surface area contributed by atoms with E-state index in [9.17, 15) is 13.2 Å². The van der Waals surface area contributed by atoms with Crippen LogP contribution in [-0.2, 0) is 6.18 Å². The van der Waals surface area contributed by atoms with Gasteiger partial charge in [-0.1, -0.05) is 31.2 Å². The number of benzene rings is 1. The minimum Gasteiger partial charge on any atom is -0.317 e. The molecule has 0 saturated carbocycles. The number of alkyl halides is 3. The van der Waals surface area contributed by atoms with Crippen LogP contribution < -0.4 is 5.32 Å². The summed E-state index contributed by atoms with van der Waals surface area (Å²) in [5.41, 5.74) is -0.0253. The molecule has 0 aromatic heterocycles. The maximum absolute atomic E-state index is 12.4. The Morgan fingerprint density at radius 3 is 2.71 bits per heavy atom. The molecule has 1 aromatic carbocycles. The van der Waals surface area contributed by atoms with E-state index < -0.39 is 11.7 Å². The van der Waals surface area contributed by atoms with E-state index in [1.165, 1.54) is 6.07 Å². The van der Waals surface area contributed by atoms with Crippen LogP contribution in [0.15, 0.2) is 30.3 Å². The first-order chi connectivity index (χ1) is 8.04. The highest BCUT2D eigenvalue weighted by Gasteiger charge is 2.30. The lowest BCUT2D eigenvalue weighted by Gasteiger charge is -2.06. The quantitative estimate of drug-likeness (QED) is 0.777. The number of hydrogen-bond acceptors (Lipinski definition) is 1. The van der Waals surface area contributed by atoms with Gasteiger partial charge in [0.25, 0.3) is 0 Å². The molecule has 0 fully saturated rings. The maximum atomic E-state index is 12.4. The van der Waals surface area contributed by atoms with Crippen LogP contribution >= 0.6 is 0 Å². The molecular formula is C13H16F3N. The van der Waals surface area contributed by atoms with Crippen molar-refractivity contribution in [2.75, 3.05) is 13.1 Å². The zero-order valence-corrected chi connectivity index (χ0v) is 9.72. The summed E-state index contributed by atoms with van der Waals surface area (Å²) in [6.45, 7) is 3.75. The van der Waals surface area contributed by atoms with Gasteiger partial charge in [-0.05, 0) is 37.2 Å². The van der Waals surface area contributed by atoms with Gasteiger partial charge in [0.05, 0.1) is 5.56 Å². The van der Waals surface area contributed by atoms with Crippen molar-refractivity contribution in [1.29, 1.82) is 0 Å². The Bertz CT molecular complexity index is 369. The van der Waals surface area contributed by atoms with Gasteiger partial charge in [0.15, 0.2) is 0 Å². The van der Waals surface area contributed by atoms with Crippen LogP contribution in [0.5, 0.6) is 0 Å². The van der Waals surface area contributed by atoms with Crippen molar-refractivity contribution in [2.45, 2.75) is 19.5 Å². The van der Waals surface area contributed by atoms with Gasteiger partial charge in [-0.2, -0.15) is 13.2 Å². The van der Waals surface area contributed by atoms with E-state index in [0.717, 1.165) is 31.6 Å². The van der Waals surface area contributed by atoms with Gasteiger partial charge in [0, 0.05) is 0 Å². The van der Waals surface area contributed by atoms with Crippen LogP contribution in [0.4, 0.5) is 13.2 Å². The van der Waals surface area contributed by atoms with Crippen molar-refractivity contribution in [3.8, 4) is 0 Å². The summed E-state index contributed by atoms with van der Waals surface area (Å²) in [7, 11) is 0. The van der Waals surface area contributed by atoms with Crippen LogP contribution in [0, 0.1) is 0 Å². The molecule has 0 aliphatic carbocycles. The van der Waals surface area contributed by atoms with Gasteiger partial charge in [-0.25, -0.2) is 0 Å². The van der Waals surface area contributed by atoms with Gasteiger partial charge < -0.3 is 5.32 Å². The SMILES string of the molecule is CCNCCC=Cc1cccc(C(F)(F)F)c1. The highest BCUT2D eigenvalue weighted by atomic mass is 19.4. The predicted octanol–water partition coefficient (Wildman–Crippen LogP) is 3.72. The smallest absolute Gasteiger partial charge is 0.317 e. The average molecular weight is 243 g/mol. The third kappa shape index (κ3) is 5.04. The van der Waals surface area contributed by atoms with E-state index in [-0.39, 0.29) is 0 Å². The standard InChI is InChI=1S/C13H16F3N/c1-2-17-9-4-3-6-11-7-5-8-12(10-11)13(14,15)16/h3,5-8,10,17H,2,4,9H2,1H3. The highest BCUT2D eigenvalue weighted by Crippen LogP contribution is 2.29. The number of halogens is 3. The van der Waals surface area contributed by atoms with Gasteiger partial charge in [-0.3, -0.25) is 0 Å². The molecule has 1 nitrogen and oxygen atoms in total. The summed E-state index contributed by atoms with van der Waals surface area (Å²) < 4.78 is 37.3. The first kappa shape index (κ1) is 13.8. The Hall–Kier alpha value is -1.29. The second-order valence-corrected chi connectivity index (χ2v) is 3.67. The molecule has 0 bridgehead atoms. The first-order valence-corrected chi connectivity index (χ1v) is 5.58. The summed E-state index contributed by atoms with van der Waals surface area (Å²) >= 11 is 0. The van der Waals surface area contributed by atoms with Gasteiger partial charge in [-0.15, -0.1) is 0 Å². The minimum absolute atomic E-state index is 0.580. The van der Waals surface area contributed by atoms with Crippen molar-refractivity contribution < 1.29 is 13.2 Å². The lowest BCUT2D eigenvalue weighted by Crippen LogP contribution is -2.12. The topological polar surface area (TPSA) is 12.0 Å². The number of rotatable bonds is 5. The fourth-order valence-electron chi connectivity index (χ4n) is 1.40. The summed E-state index contributed by atoms with van der Waals surface area (Å²) in [6, 6.07) is 5.32. The van der Waals surface area contributed by atoms with E-state index in [1.807, 2.05) is 13.0 Å². The molecule has 0 atom stereocenters. The van der Waals surface area contributed by atoms with Crippen LogP contribution in [0.1, 0.15) is 24.5 Å². The number of hydrogen-bond donors (Lipinski definition) is 1. The fourth-order valence-corrected chi connectivity index (χ4v) is 1.40. The molecule has 0 aliphatic rings. The van der Waals surface area contributed by atoms with Crippen molar-refractivity contribution in [3.63, 3.8) is 0 Å². The monoisotopic (exact) mass is 243 g/mol. The van der Waals surface area contributed by atoms with Crippen LogP contribution in [0.3, 0.4) is 0 Å². The van der Waals surface area contributed by atoms with E-state index in [2.05, 4.69) is 5.32 Å². The highest BCUT2D eigenvalue weighted by molar-refractivity contribution is 5.50. The van der Waals surface area contributed by atoms with E-state index >= 15 is 0 Å². The number of nitrogens with one attached hydrogen (secondary N) is 1. The third-order valence-electron chi connectivity index (χ3n) is 2.26. The molecule has 0 amide bonds. The Labute approximate surface area is 99.3 Å². The van der Waals surface area contributed by atoms with Crippen molar-refractivity contribution >= 4 is 6.08 Å². The molecule has 17 heavy (non-hydrogen) atoms. The van der Waals surface area contributed by atoms with Crippen LogP contribution in [0.2, 0.25) is 0 Å². The second-order valence-electron chi connectivity index (χ2n) is 3.67. The molecular weight excluding hydrogens is 227 g/mol. The lowest BCUT2D eigenvalue weighted by molar-refractivity contribution is -0.137. The molecule has 1 aromatic rings. The third-order valence-corrected chi connectivity index (χ3v) is 2.26. The summed E-state index contributed by atoms with van der Waals surface area (Å²) in [5, 5.41) is 3.14. The minimum atomic E-state index is -4.27. The molecule has 1 N–H and O–H groups in total. The molecule has 0 aliphatic heterocycles. The molecule has 0 saturated heterocycles. The zero-order valence-electron chi connectivity index (χ0n) is 9.72. The largest absolute Gasteiger partial charge is 0.416 e. The normalized spacial score (nSPS) is 12.2. The molecule has 0 spiro atoms. The molecule has 0 heterocycles. The van der Waals surface area contributed by atoms with Crippen molar-refractivity contribution in [1.82, 2.24) is 5.32 Å². The molecule has 4 heteroatoms. The average Bonchev–Trinajstić information content (AvgIpc) is 2.28. The van der Waals surface area contributed by atoms with Crippen molar-refractivity contribution in [3.05, 3.63) is 41.5 Å². The van der Waals surface area contributed by atoms with Gasteiger partial charge >= 0.3 is 6.18 Å². The van der Waals surface area contributed by atoms with E-state index in [4.69, 9.17) is 0 Å². The Morgan fingerprint density at radius 2 is 2.06 bits per heavy atom. The zero-order chi connectivity index (χ0) is 12.7. The maximum Gasteiger partial charge on any atom is 0.416 e. The van der Waals surface area contributed by atoms with Crippen LogP contribution in [-0.4, -0.2) is 13.1 Å². The fraction of sp³-hybridized carbons (Fsp3) is 0.385. The summed E-state index contributed by atoms with van der Waals surface area (Å²) in [4.78, 5) is 0. The molecule has 1 rings (SSSR count). The lowest BCUT2D eigenvalue weighted by atomic mass is 10.1. The van der Waals surface area contributed by atoms with E-state index in [0.29, 0.717) is 5.56 Å². The Kier molecular flexibility index (Phi) is 5.22. The Morgan fingerprint density at radius 1 is 1.29 bits per heavy atom. The Balaban J connectivity index is 2.60.